The van der Waals surface area contributed by atoms with E-state index in [2.05, 4.69) is 11.4 Å². The smallest absolute Gasteiger partial charge is 0.120 e. The number of nitrogens with zero attached hydrogens (tertiary/aromatic N) is 2. The van der Waals surface area contributed by atoms with Crippen LogP contribution in [0.5, 0.6) is 0 Å². The second-order valence-corrected chi connectivity index (χ2v) is 3.35. The summed E-state index contributed by atoms with van der Waals surface area (Å²) in [6.45, 7) is 3.30. The van der Waals surface area contributed by atoms with Crippen LogP contribution in [0.1, 0.15) is 5.69 Å². The number of rotatable bonds is 2. The molecule has 0 amide bonds. The van der Waals surface area contributed by atoms with Gasteiger partial charge in [0.25, 0.3) is 0 Å². The Balaban J connectivity index is 1.99. The van der Waals surface area contributed by atoms with Crippen molar-refractivity contribution in [1.29, 1.82) is 5.26 Å². The van der Waals surface area contributed by atoms with Gasteiger partial charge < -0.3 is 14.6 Å². The van der Waals surface area contributed by atoms with Crippen LogP contribution >= 0.6 is 0 Å². The van der Waals surface area contributed by atoms with Crippen LogP contribution < -0.4 is 5.32 Å². The van der Waals surface area contributed by atoms with Gasteiger partial charge >= 0.3 is 0 Å². The molecule has 1 atom stereocenters. The minimum Gasteiger partial charge on any atom is -0.374 e. The maximum atomic E-state index is 8.81. The minimum atomic E-state index is 0.184. The molecule has 1 aliphatic rings. The van der Waals surface area contributed by atoms with Crippen molar-refractivity contribution in [2.75, 3.05) is 19.7 Å². The van der Waals surface area contributed by atoms with E-state index in [1.807, 2.05) is 22.9 Å². The Bertz CT molecular complexity index is 333. The Morgan fingerprint density at radius 2 is 2.64 bits per heavy atom. The predicted molar refractivity (Wildman–Crippen MR) is 51.8 cm³/mol. The predicted octanol–water partition coefficient (Wildman–Crippen LogP) is 0.348. The van der Waals surface area contributed by atoms with Gasteiger partial charge in [-0.3, -0.25) is 0 Å². The first-order chi connectivity index (χ1) is 6.90. The lowest BCUT2D eigenvalue weighted by atomic mass is 10.3. The van der Waals surface area contributed by atoms with Crippen molar-refractivity contribution in [1.82, 2.24) is 9.88 Å². The van der Waals surface area contributed by atoms with Gasteiger partial charge in [0.1, 0.15) is 11.8 Å². The average molecular weight is 191 g/mol. The van der Waals surface area contributed by atoms with E-state index >= 15 is 0 Å². The molecule has 0 radical (unpaired) electrons. The first-order valence-corrected chi connectivity index (χ1v) is 4.77. The third-order valence-corrected chi connectivity index (χ3v) is 2.35. The van der Waals surface area contributed by atoms with Crippen molar-refractivity contribution in [2.24, 2.45) is 0 Å². The summed E-state index contributed by atoms with van der Waals surface area (Å²) in [5, 5.41) is 12.1. The largest absolute Gasteiger partial charge is 0.374 e. The van der Waals surface area contributed by atoms with Gasteiger partial charge in [0.2, 0.25) is 0 Å². The first kappa shape index (κ1) is 9.25. The molecule has 74 valence electrons. The van der Waals surface area contributed by atoms with Crippen molar-refractivity contribution < 1.29 is 4.74 Å². The fourth-order valence-corrected chi connectivity index (χ4v) is 1.63. The maximum Gasteiger partial charge on any atom is 0.120 e. The molecule has 0 bridgehead atoms. The van der Waals surface area contributed by atoms with E-state index in [9.17, 15) is 0 Å². The molecular formula is C10H13N3O. The van der Waals surface area contributed by atoms with Crippen molar-refractivity contribution in [3.05, 3.63) is 24.0 Å². The van der Waals surface area contributed by atoms with Gasteiger partial charge in [-0.2, -0.15) is 5.26 Å². The van der Waals surface area contributed by atoms with Gasteiger partial charge in [-0.25, -0.2) is 0 Å². The van der Waals surface area contributed by atoms with Gasteiger partial charge in [-0.1, -0.05) is 0 Å². The van der Waals surface area contributed by atoms with Crippen molar-refractivity contribution in [2.45, 2.75) is 12.6 Å². The Hall–Kier alpha value is -1.31. The lowest BCUT2D eigenvalue weighted by molar-refractivity contribution is 0.0181. The van der Waals surface area contributed by atoms with E-state index in [0.717, 1.165) is 26.2 Å². The summed E-state index contributed by atoms with van der Waals surface area (Å²) in [6.07, 6.45) is 2.10. The van der Waals surface area contributed by atoms with E-state index in [-0.39, 0.29) is 6.10 Å². The lowest BCUT2D eigenvalue weighted by Gasteiger charge is -2.24. The number of hydrogen-bond donors (Lipinski definition) is 1. The van der Waals surface area contributed by atoms with Crippen molar-refractivity contribution in [3.63, 3.8) is 0 Å². The second-order valence-electron chi connectivity index (χ2n) is 3.35. The molecule has 4 heteroatoms. The van der Waals surface area contributed by atoms with Crippen LogP contribution in [0.3, 0.4) is 0 Å². The molecule has 4 nitrogen and oxygen atoms in total. The fourth-order valence-electron chi connectivity index (χ4n) is 1.63. The zero-order valence-corrected chi connectivity index (χ0v) is 7.94. The second kappa shape index (κ2) is 4.27. The van der Waals surface area contributed by atoms with Crippen molar-refractivity contribution >= 4 is 0 Å². The van der Waals surface area contributed by atoms with E-state index in [0.29, 0.717) is 5.69 Å². The molecule has 0 aromatic carbocycles. The third-order valence-electron chi connectivity index (χ3n) is 2.35. The first-order valence-electron chi connectivity index (χ1n) is 4.77. The molecule has 14 heavy (non-hydrogen) atoms. The number of aromatic nitrogens is 1. The van der Waals surface area contributed by atoms with Gasteiger partial charge in [-0.15, -0.1) is 0 Å². The molecule has 1 aromatic rings. The van der Waals surface area contributed by atoms with Gasteiger partial charge in [-0.05, 0) is 12.1 Å². The Kier molecular flexibility index (Phi) is 2.82. The summed E-state index contributed by atoms with van der Waals surface area (Å²) in [5.41, 5.74) is 0.694. The third kappa shape index (κ3) is 1.95. The molecule has 1 aromatic heterocycles. The Morgan fingerprint density at radius 3 is 3.36 bits per heavy atom. The highest BCUT2D eigenvalue weighted by Gasteiger charge is 2.14. The zero-order valence-electron chi connectivity index (χ0n) is 7.94. The van der Waals surface area contributed by atoms with Crippen LogP contribution in [0, 0.1) is 11.3 Å². The summed E-state index contributed by atoms with van der Waals surface area (Å²) < 4.78 is 7.49. The normalized spacial score (nSPS) is 21.8. The van der Waals surface area contributed by atoms with Crippen LogP contribution in [0.4, 0.5) is 0 Å². The number of nitriles is 1. The Morgan fingerprint density at radius 1 is 1.71 bits per heavy atom. The monoisotopic (exact) mass is 191 g/mol. The van der Waals surface area contributed by atoms with E-state index in [1.54, 1.807) is 0 Å². The maximum absolute atomic E-state index is 8.81. The fraction of sp³-hybridized carbons (Fsp3) is 0.500. The standard InChI is InChI=1S/C10H13N3O/c11-6-9-2-1-4-13(9)8-10-7-12-3-5-14-10/h1-2,4,10,12H,3,5,7-8H2. The highest BCUT2D eigenvalue weighted by Crippen LogP contribution is 2.05. The van der Waals surface area contributed by atoms with Crippen molar-refractivity contribution in [3.8, 4) is 6.07 Å². The average Bonchev–Trinajstić information content (AvgIpc) is 2.67. The molecule has 2 heterocycles. The van der Waals surface area contributed by atoms with Crippen LogP contribution in [0.25, 0.3) is 0 Å². The molecule has 0 aliphatic carbocycles. The SMILES string of the molecule is N#Cc1cccn1CC1CNCCO1. The van der Waals surface area contributed by atoms with Gasteiger partial charge in [0, 0.05) is 19.3 Å². The van der Waals surface area contributed by atoms with Crippen LogP contribution in [-0.4, -0.2) is 30.4 Å². The summed E-state index contributed by atoms with van der Waals surface area (Å²) in [6, 6.07) is 5.85. The minimum absolute atomic E-state index is 0.184. The zero-order chi connectivity index (χ0) is 9.80. The molecule has 1 unspecified atom stereocenters. The number of ether oxygens (including phenoxy) is 1. The lowest BCUT2D eigenvalue weighted by Crippen LogP contribution is -2.40. The molecule has 0 spiro atoms. The highest BCUT2D eigenvalue weighted by atomic mass is 16.5. The topological polar surface area (TPSA) is 50.0 Å². The summed E-state index contributed by atoms with van der Waals surface area (Å²) in [4.78, 5) is 0. The highest BCUT2D eigenvalue weighted by molar-refractivity contribution is 5.21. The van der Waals surface area contributed by atoms with E-state index in [4.69, 9.17) is 10.00 Å². The molecule has 1 N–H and O–H groups in total. The van der Waals surface area contributed by atoms with Gasteiger partial charge in [0.05, 0.1) is 19.3 Å². The summed E-state index contributed by atoms with van der Waals surface area (Å²) in [7, 11) is 0. The number of morpholine rings is 1. The summed E-state index contributed by atoms with van der Waals surface area (Å²) >= 11 is 0. The molecule has 2 rings (SSSR count). The van der Waals surface area contributed by atoms with Crippen LogP contribution in [-0.2, 0) is 11.3 Å². The Labute approximate surface area is 83.1 Å². The number of nitrogens with one attached hydrogen (secondary N) is 1. The molecular weight excluding hydrogens is 178 g/mol. The quantitative estimate of drug-likeness (QED) is 0.733. The van der Waals surface area contributed by atoms with E-state index < -0.39 is 0 Å². The molecule has 0 saturated carbocycles. The molecule has 1 aliphatic heterocycles. The van der Waals surface area contributed by atoms with Crippen LogP contribution in [0.15, 0.2) is 18.3 Å². The van der Waals surface area contributed by atoms with E-state index in [1.165, 1.54) is 0 Å². The van der Waals surface area contributed by atoms with Gasteiger partial charge in [0.15, 0.2) is 0 Å². The summed E-state index contributed by atoms with van der Waals surface area (Å²) in [5.74, 6) is 0. The molecule has 1 saturated heterocycles. The molecule has 1 fully saturated rings. The van der Waals surface area contributed by atoms with Crippen LogP contribution in [0.2, 0.25) is 0 Å². The number of hydrogen-bond acceptors (Lipinski definition) is 3.